The van der Waals surface area contributed by atoms with E-state index in [9.17, 15) is 4.79 Å². The van der Waals surface area contributed by atoms with Crippen molar-refractivity contribution in [3.05, 3.63) is 90.3 Å². The molecule has 0 bridgehead atoms. The van der Waals surface area contributed by atoms with E-state index in [1.807, 2.05) is 60.7 Å². The molecule has 2 aromatic carbocycles. The molecule has 4 aromatic rings. The molecule has 0 aliphatic heterocycles. The monoisotopic (exact) mass is 355 g/mol. The minimum atomic E-state index is -0.324. The molecule has 2 N–H and O–H groups in total. The van der Waals surface area contributed by atoms with Crippen molar-refractivity contribution in [1.82, 2.24) is 15.2 Å². The van der Waals surface area contributed by atoms with Crippen molar-refractivity contribution in [2.45, 2.75) is 6.54 Å². The van der Waals surface area contributed by atoms with E-state index in [0.29, 0.717) is 18.1 Å². The summed E-state index contributed by atoms with van der Waals surface area (Å²) in [6, 6.07) is 22.8. The Hall–Kier alpha value is -3.80. The summed E-state index contributed by atoms with van der Waals surface area (Å²) in [6.45, 7) is 0.642. The van der Waals surface area contributed by atoms with Gasteiger partial charge in [-0.2, -0.15) is 0 Å². The van der Waals surface area contributed by atoms with Gasteiger partial charge in [-0.1, -0.05) is 48.5 Å². The second kappa shape index (κ2) is 7.61. The predicted octanol–water partition coefficient (Wildman–Crippen LogP) is 3.89. The van der Waals surface area contributed by atoms with Crippen LogP contribution in [0.4, 0.5) is 11.5 Å². The molecular formula is C21H17N5O. The maximum absolute atomic E-state index is 12.5. The first-order valence-electron chi connectivity index (χ1n) is 8.56. The maximum Gasteiger partial charge on any atom is 0.276 e. The van der Waals surface area contributed by atoms with Crippen LogP contribution in [0.3, 0.4) is 0 Å². The number of para-hydroxylation sites is 1. The topological polar surface area (TPSA) is 79.8 Å². The third-order valence-electron chi connectivity index (χ3n) is 4.09. The number of carbonyl (C=O) groups excluding carboxylic acids is 1. The van der Waals surface area contributed by atoms with Gasteiger partial charge in [0.05, 0.1) is 11.2 Å². The van der Waals surface area contributed by atoms with E-state index in [2.05, 4.69) is 25.8 Å². The zero-order chi connectivity index (χ0) is 18.5. The van der Waals surface area contributed by atoms with Gasteiger partial charge in [-0.05, 0) is 29.8 Å². The lowest BCUT2D eigenvalue weighted by Gasteiger charge is -2.08. The first-order valence-corrected chi connectivity index (χ1v) is 8.56. The highest BCUT2D eigenvalue weighted by atomic mass is 16.1. The Kier molecular flexibility index (Phi) is 4.70. The number of pyridine rings is 1. The first-order chi connectivity index (χ1) is 13.3. The van der Waals surface area contributed by atoms with Gasteiger partial charge in [0.25, 0.3) is 5.91 Å². The number of hydrogen-bond acceptors (Lipinski definition) is 5. The first kappa shape index (κ1) is 16.7. The Balaban J connectivity index is 1.44. The van der Waals surface area contributed by atoms with Crippen molar-refractivity contribution in [3.63, 3.8) is 0 Å². The molecule has 2 heterocycles. The van der Waals surface area contributed by atoms with Crippen LogP contribution in [-0.2, 0) is 6.54 Å². The van der Waals surface area contributed by atoms with E-state index in [1.54, 1.807) is 18.3 Å². The Bertz CT molecular complexity index is 1060. The number of nitrogens with one attached hydrogen (secondary N) is 2. The summed E-state index contributed by atoms with van der Waals surface area (Å²) in [5.74, 6) is 0.289. The quantitative estimate of drug-likeness (QED) is 0.568. The summed E-state index contributed by atoms with van der Waals surface area (Å²) in [7, 11) is 0. The molecule has 0 saturated carbocycles. The van der Waals surface area contributed by atoms with Gasteiger partial charge in [-0.3, -0.25) is 9.78 Å². The molecule has 0 unspecified atom stereocenters. The van der Waals surface area contributed by atoms with Crippen molar-refractivity contribution in [2.75, 3.05) is 10.6 Å². The van der Waals surface area contributed by atoms with E-state index < -0.39 is 0 Å². The van der Waals surface area contributed by atoms with Crippen LogP contribution in [0.5, 0.6) is 0 Å². The van der Waals surface area contributed by atoms with Gasteiger partial charge < -0.3 is 10.6 Å². The normalized spacial score (nSPS) is 10.5. The Morgan fingerprint density at radius 3 is 2.52 bits per heavy atom. The van der Waals surface area contributed by atoms with Crippen LogP contribution in [0, 0.1) is 0 Å². The van der Waals surface area contributed by atoms with Crippen molar-refractivity contribution < 1.29 is 4.79 Å². The number of hydrogen-bond donors (Lipinski definition) is 2. The third kappa shape index (κ3) is 3.90. The van der Waals surface area contributed by atoms with Gasteiger partial charge in [0.1, 0.15) is 5.82 Å². The second-order valence-corrected chi connectivity index (χ2v) is 5.98. The van der Waals surface area contributed by atoms with E-state index in [1.165, 1.54) is 0 Å². The fourth-order valence-electron chi connectivity index (χ4n) is 2.73. The zero-order valence-corrected chi connectivity index (χ0v) is 14.5. The molecule has 0 radical (unpaired) electrons. The summed E-state index contributed by atoms with van der Waals surface area (Å²) < 4.78 is 0. The highest BCUT2D eigenvalue weighted by molar-refractivity contribution is 6.07. The van der Waals surface area contributed by atoms with Gasteiger partial charge in [0.2, 0.25) is 0 Å². The molecule has 0 spiro atoms. The number of benzene rings is 2. The summed E-state index contributed by atoms with van der Waals surface area (Å²) in [4.78, 5) is 16.8. The molecule has 27 heavy (non-hydrogen) atoms. The lowest BCUT2D eigenvalue weighted by Crippen LogP contribution is -2.15. The Morgan fingerprint density at radius 1 is 0.852 bits per heavy atom. The maximum atomic E-state index is 12.5. The molecule has 6 nitrogen and oxygen atoms in total. The van der Waals surface area contributed by atoms with Gasteiger partial charge >= 0.3 is 0 Å². The minimum absolute atomic E-state index is 0.244. The standard InChI is InChI=1S/C21H17N5O/c27-21(24-17-10-4-8-16-9-5-13-22-20(16)17)18-11-12-19(26-25-18)23-14-15-6-2-1-3-7-15/h1-13H,14H2,(H,23,26)(H,24,27). The van der Waals surface area contributed by atoms with Crippen molar-refractivity contribution >= 4 is 28.3 Å². The molecule has 4 rings (SSSR count). The predicted molar refractivity (Wildman–Crippen MR) is 105 cm³/mol. The number of anilines is 2. The van der Waals surface area contributed by atoms with E-state index in [0.717, 1.165) is 16.5 Å². The average molecular weight is 355 g/mol. The van der Waals surface area contributed by atoms with Crippen LogP contribution in [0.15, 0.2) is 79.0 Å². The summed E-state index contributed by atoms with van der Waals surface area (Å²) in [5, 5.41) is 15.1. The smallest absolute Gasteiger partial charge is 0.276 e. The molecule has 132 valence electrons. The second-order valence-electron chi connectivity index (χ2n) is 5.98. The van der Waals surface area contributed by atoms with Gasteiger partial charge in [0.15, 0.2) is 5.69 Å². The van der Waals surface area contributed by atoms with Crippen LogP contribution in [0.25, 0.3) is 10.9 Å². The molecule has 6 heteroatoms. The van der Waals surface area contributed by atoms with Gasteiger partial charge in [-0.25, -0.2) is 0 Å². The Labute approximate surface area is 156 Å². The van der Waals surface area contributed by atoms with E-state index in [-0.39, 0.29) is 11.6 Å². The molecule has 0 saturated heterocycles. The third-order valence-corrected chi connectivity index (χ3v) is 4.09. The largest absolute Gasteiger partial charge is 0.365 e. The van der Waals surface area contributed by atoms with Crippen LogP contribution in [0.1, 0.15) is 16.1 Å². The Morgan fingerprint density at radius 2 is 1.70 bits per heavy atom. The summed E-state index contributed by atoms with van der Waals surface area (Å²) in [5.41, 5.74) is 2.77. The SMILES string of the molecule is O=C(Nc1cccc2cccnc12)c1ccc(NCc2ccccc2)nn1. The van der Waals surface area contributed by atoms with Crippen molar-refractivity contribution in [1.29, 1.82) is 0 Å². The summed E-state index contributed by atoms with van der Waals surface area (Å²) in [6.07, 6.45) is 1.70. The van der Waals surface area contributed by atoms with Crippen LogP contribution in [-0.4, -0.2) is 21.1 Å². The average Bonchev–Trinajstić information content (AvgIpc) is 2.74. The number of amides is 1. The number of aromatic nitrogens is 3. The lowest BCUT2D eigenvalue weighted by atomic mass is 10.2. The number of nitrogens with zero attached hydrogens (tertiary/aromatic N) is 3. The molecule has 0 aliphatic carbocycles. The molecule has 0 fully saturated rings. The van der Waals surface area contributed by atoms with Crippen LogP contribution < -0.4 is 10.6 Å². The number of fused-ring (bicyclic) bond motifs is 1. The fraction of sp³-hybridized carbons (Fsp3) is 0.0476. The lowest BCUT2D eigenvalue weighted by molar-refractivity contribution is 0.102. The number of rotatable bonds is 5. The highest BCUT2D eigenvalue weighted by Crippen LogP contribution is 2.21. The van der Waals surface area contributed by atoms with Crippen LogP contribution in [0.2, 0.25) is 0 Å². The van der Waals surface area contributed by atoms with Gasteiger partial charge in [0, 0.05) is 18.1 Å². The highest BCUT2D eigenvalue weighted by Gasteiger charge is 2.11. The zero-order valence-electron chi connectivity index (χ0n) is 14.5. The fourth-order valence-corrected chi connectivity index (χ4v) is 2.73. The molecular weight excluding hydrogens is 338 g/mol. The molecule has 0 atom stereocenters. The van der Waals surface area contributed by atoms with E-state index in [4.69, 9.17) is 0 Å². The van der Waals surface area contributed by atoms with Crippen LogP contribution >= 0.6 is 0 Å². The minimum Gasteiger partial charge on any atom is -0.365 e. The molecule has 1 amide bonds. The van der Waals surface area contributed by atoms with Crippen molar-refractivity contribution in [3.8, 4) is 0 Å². The van der Waals surface area contributed by atoms with Crippen molar-refractivity contribution in [2.24, 2.45) is 0 Å². The molecule has 0 aliphatic rings. The number of carbonyl (C=O) groups is 1. The van der Waals surface area contributed by atoms with Gasteiger partial charge in [-0.15, -0.1) is 10.2 Å². The summed E-state index contributed by atoms with van der Waals surface area (Å²) >= 11 is 0. The molecule has 2 aromatic heterocycles. The van der Waals surface area contributed by atoms with E-state index >= 15 is 0 Å².